The van der Waals surface area contributed by atoms with Crippen molar-refractivity contribution in [2.45, 2.75) is 138 Å². The van der Waals surface area contributed by atoms with Gasteiger partial charge in [0.05, 0.1) is 49.6 Å². The number of carbonyl (C=O) groups is 13. The van der Waals surface area contributed by atoms with Crippen LogP contribution in [0.4, 0.5) is 0 Å². The molecule has 0 aliphatic carbocycles. The van der Waals surface area contributed by atoms with Crippen molar-refractivity contribution in [3.63, 3.8) is 0 Å². The summed E-state index contributed by atoms with van der Waals surface area (Å²) in [6.45, 7) is 1.93. The Hall–Kier alpha value is -9.56. The van der Waals surface area contributed by atoms with Gasteiger partial charge in [-0.3, -0.25) is 67.5 Å². The lowest BCUT2D eigenvalue weighted by Gasteiger charge is -2.29. The number of guanidine groups is 2. The second-order valence-corrected chi connectivity index (χ2v) is 22.1. The summed E-state index contributed by atoms with van der Waals surface area (Å²) in [5.41, 5.74) is 33.0. The summed E-state index contributed by atoms with van der Waals surface area (Å²) >= 11 is 0.727. The van der Waals surface area contributed by atoms with Crippen LogP contribution in [0.25, 0.3) is 0 Å². The highest BCUT2D eigenvalue weighted by Gasteiger charge is 2.40. The zero-order valence-corrected chi connectivity index (χ0v) is 51.4. The topological polar surface area (TPSA) is 610 Å². The van der Waals surface area contributed by atoms with Crippen molar-refractivity contribution in [1.29, 1.82) is 0 Å². The molecule has 0 bridgehead atoms. The van der Waals surface area contributed by atoms with Crippen LogP contribution in [0.5, 0.6) is 11.5 Å². The fraction of sp³-hybridized carbons (Fsp3) is 0.509. The molecule has 0 aromatic heterocycles. The van der Waals surface area contributed by atoms with Crippen molar-refractivity contribution in [3.05, 3.63) is 59.7 Å². The number of Topliss-reactive ketones (excluding diaryl/α,β-unsaturated/α-hetero) is 2. The maximum Gasteiger partial charge on any atom is 0.245 e. The van der Waals surface area contributed by atoms with E-state index in [0.717, 1.165) is 32.5 Å². The van der Waals surface area contributed by atoms with Crippen LogP contribution in [-0.4, -0.2) is 225 Å². The summed E-state index contributed by atoms with van der Waals surface area (Å²) in [5.74, 6) is -15.7. The number of rotatable bonds is 30. The first-order valence-corrected chi connectivity index (χ1v) is 29.8. The maximum atomic E-state index is 15.0. The van der Waals surface area contributed by atoms with Crippen LogP contribution in [0.2, 0.25) is 0 Å². The lowest BCUT2D eigenvalue weighted by atomic mass is 9.96. The number of hydrogen-bond donors (Lipinski definition) is 21. The number of phenols is 2. The number of primary amides is 1. The number of nitrogens with two attached hydrogens (primary N) is 5. The molecule has 0 radical (unpaired) electrons. The number of amides is 10. The average molecular weight is 1320 g/mol. The minimum Gasteiger partial charge on any atom is -0.508 e. The highest BCUT2D eigenvalue weighted by atomic mass is 32.2. The quantitative estimate of drug-likeness (QED) is 0.0114. The highest BCUT2D eigenvalue weighted by Crippen LogP contribution is 2.16. The molecule has 506 valence electrons. The van der Waals surface area contributed by atoms with Gasteiger partial charge in [-0.25, -0.2) is 10.9 Å². The second-order valence-electron chi connectivity index (χ2n) is 21.1. The summed E-state index contributed by atoms with van der Waals surface area (Å²) in [5, 5.41) is 73.7. The number of aldehydes is 1. The number of hydrogen-bond acceptors (Lipinski definition) is 23. The molecule has 2 aromatic carbocycles. The van der Waals surface area contributed by atoms with E-state index in [0.29, 0.717) is 11.8 Å². The van der Waals surface area contributed by atoms with E-state index in [1.807, 2.05) is 0 Å². The van der Waals surface area contributed by atoms with Crippen LogP contribution in [0.1, 0.15) is 64.0 Å². The summed E-state index contributed by atoms with van der Waals surface area (Å²) in [4.78, 5) is 186. The van der Waals surface area contributed by atoms with E-state index >= 15 is 4.79 Å². The number of ketones is 2. The molecule has 10 amide bonds. The van der Waals surface area contributed by atoms with Gasteiger partial charge in [0.15, 0.2) is 11.9 Å². The number of aromatic hydroxyl groups is 2. The van der Waals surface area contributed by atoms with Gasteiger partial charge in [0.2, 0.25) is 70.6 Å². The molecule has 12 atom stereocenters. The van der Waals surface area contributed by atoms with Crippen LogP contribution < -0.4 is 87.4 Å². The standard InChI is InChI=1S/C55H82N18O18S/c1-26(75)42-46(84)45(83)33(6-4-16-62-54(57)58)72-73-37(22-40(81)65-38(24-92-25-39(56)80)51(89)70-43(27(2)76)53(91)71-44(28(3)77)52(90)69-42)50(88)68-36(21-30-10-14-32(79)15-11-30)49(87)67-35(20-29-8-12-31(78)13-9-29)48(86)66-34(7-5-17-63-55(59)60)47(85)64-23-41(82)61-18-19-74/h8-15,19,26-28,33-38,42-44,72-73,75-79H,4-7,16-18,20-25H2,1-3H3,(H2,56,80)(H,61,82)(H,64,85)(H,65,81)(H,66,86)(H,67,87)(H,68,88)(H,69,90)(H,70,89)(H,71,91)(H4,57,58,62)(H4,59,60,63)/t26-,27-,28-,33+,34+,35?,36+,37+,38-,42+,43+,44+/m1/s1. The molecule has 1 fully saturated rings. The van der Waals surface area contributed by atoms with Gasteiger partial charge in [-0.2, -0.15) is 0 Å². The highest BCUT2D eigenvalue weighted by molar-refractivity contribution is 8.00. The Morgan fingerprint density at radius 3 is 1.60 bits per heavy atom. The van der Waals surface area contributed by atoms with Gasteiger partial charge in [0.25, 0.3) is 0 Å². The van der Waals surface area contributed by atoms with Crippen molar-refractivity contribution >= 4 is 101 Å². The molecule has 1 aliphatic rings. The maximum absolute atomic E-state index is 15.0. The first-order chi connectivity index (χ1) is 43.4. The monoisotopic (exact) mass is 1310 g/mol. The Morgan fingerprint density at radius 1 is 0.609 bits per heavy atom. The molecule has 1 heterocycles. The third kappa shape index (κ3) is 27.3. The number of hydrazine groups is 1. The molecule has 0 spiro atoms. The molecule has 1 unspecified atom stereocenters. The lowest BCUT2D eigenvalue weighted by molar-refractivity contribution is -0.143. The molecule has 36 nitrogen and oxygen atoms in total. The number of nitrogens with one attached hydrogen (secondary N) is 11. The molecule has 2 aromatic rings. The molecule has 3 rings (SSSR count). The molecular formula is C55H82N18O18S. The van der Waals surface area contributed by atoms with Crippen molar-refractivity contribution in [2.75, 3.05) is 37.7 Å². The van der Waals surface area contributed by atoms with Crippen molar-refractivity contribution < 1.29 is 87.9 Å². The molecule has 92 heavy (non-hydrogen) atoms. The van der Waals surface area contributed by atoms with Gasteiger partial charge >= 0.3 is 0 Å². The van der Waals surface area contributed by atoms with Crippen LogP contribution in [0, 0.1) is 0 Å². The van der Waals surface area contributed by atoms with Gasteiger partial charge in [0, 0.05) is 31.7 Å². The van der Waals surface area contributed by atoms with E-state index in [1.165, 1.54) is 48.5 Å². The number of aliphatic hydroxyl groups is 3. The van der Waals surface area contributed by atoms with Crippen LogP contribution in [-0.2, 0) is 75.2 Å². The number of nitrogens with zero attached hydrogens (tertiary/aromatic N) is 2. The molecule has 1 aliphatic heterocycles. The van der Waals surface area contributed by atoms with Crippen molar-refractivity contribution in [3.8, 4) is 11.5 Å². The lowest BCUT2D eigenvalue weighted by Crippen LogP contribution is -2.63. The number of thioether (sulfide) groups is 1. The first-order valence-electron chi connectivity index (χ1n) is 28.7. The molecule has 1 saturated heterocycles. The summed E-state index contributed by atoms with van der Waals surface area (Å²) in [7, 11) is 0. The normalized spacial score (nSPS) is 20.5. The Morgan fingerprint density at radius 2 is 1.10 bits per heavy atom. The number of carbonyl (C=O) groups excluding carboxylic acids is 13. The molecule has 0 saturated carbocycles. The molecular weight excluding hydrogens is 1230 g/mol. The Labute approximate surface area is 531 Å². The third-order valence-electron chi connectivity index (χ3n) is 13.4. The van der Waals surface area contributed by atoms with Gasteiger partial charge in [-0.15, -0.1) is 11.8 Å². The Kier molecular flexibility index (Phi) is 32.4. The Balaban J connectivity index is 2.27. The van der Waals surface area contributed by atoms with Gasteiger partial charge in [-0.05, 0) is 81.8 Å². The van der Waals surface area contributed by atoms with E-state index in [2.05, 4.69) is 68.7 Å². The largest absolute Gasteiger partial charge is 0.508 e. The summed E-state index contributed by atoms with van der Waals surface area (Å²) in [6, 6.07) is -5.88. The van der Waals surface area contributed by atoms with Crippen LogP contribution in [0.15, 0.2) is 58.5 Å². The van der Waals surface area contributed by atoms with Gasteiger partial charge in [-0.1, -0.05) is 24.3 Å². The number of benzene rings is 2. The summed E-state index contributed by atoms with van der Waals surface area (Å²) < 4.78 is 0. The predicted molar refractivity (Wildman–Crippen MR) is 329 cm³/mol. The predicted octanol–water partition coefficient (Wildman–Crippen LogP) is -9.45. The number of aliphatic imine (C=N–C) groups is 2. The molecule has 37 heteroatoms. The van der Waals surface area contributed by atoms with E-state index in [-0.39, 0.29) is 80.7 Å². The third-order valence-corrected chi connectivity index (χ3v) is 14.5. The minimum absolute atomic E-state index is 0.0267. The minimum atomic E-state index is -2.11. The number of aliphatic hydroxyl groups excluding tert-OH is 3. The zero-order valence-electron chi connectivity index (χ0n) is 50.5. The zero-order chi connectivity index (χ0) is 68.8. The van der Waals surface area contributed by atoms with E-state index in [9.17, 15) is 83.1 Å². The smallest absolute Gasteiger partial charge is 0.245 e. The fourth-order valence-corrected chi connectivity index (χ4v) is 9.40. The fourth-order valence-electron chi connectivity index (χ4n) is 8.61. The van der Waals surface area contributed by atoms with Crippen molar-refractivity contribution in [1.82, 2.24) is 58.7 Å². The number of phenolic OH excluding ortho intramolecular Hbond substituents is 2. The van der Waals surface area contributed by atoms with E-state index < -0.39 is 174 Å². The van der Waals surface area contributed by atoms with Gasteiger partial charge in [0.1, 0.15) is 66.1 Å². The second kappa shape index (κ2) is 38.9. The first kappa shape index (κ1) is 76.7. The average Bonchev–Trinajstić information content (AvgIpc) is 1.31. The SMILES string of the molecule is C[C@@H](O)[C@@H]1NC(=O)[C@H]([C@@H](C)O)NC(=O)[C@@H](CSCC(N)=O)NC(=O)C[C@@H](C(=O)N[C@@H](Cc2ccc(O)cc2)C(=O)NC(Cc2ccc(O)cc2)C(=O)N[C@@H](CCCN=C(N)N)C(=O)NCC(=O)NCC=O)NN[C@@H](CCCN=C(N)N)C(=O)C(=O)[C@H]([C@@H](C)O)NC1=O. The van der Waals surface area contributed by atoms with E-state index in [4.69, 9.17) is 28.7 Å². The van der Waals surface area contributed by atoms with E-state index in [1.54, 1.807) is 0 Å². The van der Waals surface area contributed by atoms with Crippen LogP contribution >= 0.6 is 11.8 Å². The van der Waals surface area contributed by atoms with Crippen LogP contribution in [0.3, 0.4) is 0 Å². The van der Waals surface area contributed by atoms with Crippen molar-refractivity contribution in [2.24, 2.45) is 38.7 Å². The van der Waals surface area contributed by atoms with Gasteiger partial charge < -0.3 is 107 Å². The summed E-state index contributed by atoms with van der Waals surface area (Å²) in [6.07, 6.45) is -7.47. The Bertz CT molecular complexity index is 2970. The molecule has 26 N–H and O–H groups in total.